The number of hydrogen-bond donors (Lipinski definition) is 0. The van der Waals surface area contributed by atoms with Crippen LogP contribution in [-0.4, -0.2) is 4.57 Å². The Morgan fingerprint density at radius 1 is 0.302 bits per heavy atom. The number of benzene rings is 10. The number of furan rings is 1. The second-order valence-corrected chi connectivity index (χ2v) is 16.1. The van der Waals surface area contributed by atoms with E-state index in [1.807, 2.05) is 12.1 Å². The molecule has 2 heterocycles. The molecule has 0 aliphatic carbocycles. The Morgan fingerprint density at radius 3 is 1.51 bits per heavy atom. The van der Waals surface area contributed by atoms with Gasteiger partial charge in [-0.2, -0.15) is 0 Å². The van der Waals surface area contributed by atoms with Crippen molar-refractivity contribution in [1.29, 1.82) is 0 Å². The normalized spacial score (nSPS) is 11.5. The van der Waals surface area contributed by atoms with Gasteiger partial charge in [-0.25, -0.2) is 0 Å². The molecule has 63 heavy (non-hydrogen) atoms. The summed E-state index contributed by atoms with van der Waals surface area (Å²) >= 11 is 0. The summed E-state index contributed by atoms with van der Waals surface area (Å²) in [5.74, 6) is 0. The smallest absolute Gasteiger partial charge is 0.136 e. The van der Waals surface area contributed by atoms with Crippen LogP contribution in [0.25, 0.3) is 93.9 Å². The molecule has 0 saturated carbocycles. The van der Waals surface area contributed by atoms with Crippen molar-refractivity contribution in [2.45, 2.75) is 0 Å². The maximum Gasteiger partial charge on any atom is 0.136 e. The molecular formula is C60H40N2O. The van der Waals surface area contributed by atoms with E-state index >= 15 is 0 Å². The van der Waals surface area contributed by atoms with Crippen LogP contribution in [0.1, 0.15) is 0 Å². The Balaban J connectivity index is 0.923. The minimum absolute atomic E-state index is 0.882. The molecule has 0 N–H and O–H groups in total. The van der Waals surface area contributed by atoms with Crippen molar-refractivity contribution in [1.82, 2.24) is 4.57 Å². The standard InChI is InChI=1S/C60H40N2O/c1-2-14-41(15-3-1)42-28-33-48(34-29-42)61(56-24-8-4-20-51(56)47-32-37-55-54-23-7-11-27-59(54)63-60(55)40-47)49-35-30-43(31-36-49)44-16-12-17-45(38-44)46-18-13-19-50(39-46)62-57-25-9-5-21-52(57)53-22-6-10-26-58(53)62/h1-40H. The van der Waals surface area contributed by atoms with Gasteiger partial charge in [0.15, 0.2) is 0 Å². The molecule has 296 valence electrons. The molecule has 0 unspecified atom stereocenters. The van der Waals surface area contributed by atoms with Crippen LogP contribution in [0.4, 0.5) is 17.1 Å². The van der Waals surface area contributed by atoms with Gasteiger partial charge in [0.25, 0.3) is 0 Å². The predicted molar refractivity (Wildman–Crippen MR) is 264 cm³/mol. The number of fused-ring (bicyclic) bond motifs is 6. The molecule has 3 nitrogen and oxygen atoms in total. The van der Waals surface area contributed by atoms with Crippen molar-refractivity contribution >= 4 is 60.8 Å². The van der Waals surface area contributed by atoms with Gasteiger partial charge < -0.3 is 13.9 Å². The maximum atomic E-state index is 6.37. The van der Waals surface area contributed by atoms with E-state index < -0.39 is 0 Å². The Kier molecular flexibility index (Phi) is 8.83. The van der Waals surface area contributed by atoms with Crippen molar-refractivity contribution in [3.63, 3.8) is 0 Å². The Hall–Kier alpha value is -8.40. The monoisotopic (exact) mass is 804 g/mol. The van der Waals surface area contributed by atoms with Crippen LogP contribution in [0.5, 0.6) is 0 Å². The van der Waals surface area contributed by atoms with Crippen LogP contribution in [0.15, 0.2) is 247 Å². The lowest BCUT2D eigenvalue weighted by Gasteiger charge is -2.28. The summed E-state index contributed by atoms with van der Waals surface area (Å²) in [7, 11) is 0. The molecule has 0 bridgehead atoms. The molecule has 0 saturated heterocycles. The lowest BCUT2D eigenvalue weighted by molar-refractivity contribution is 0.669. The lowest BCUT2D eigenvalue weighted by atomic mass is 9.98. The van der Waals surface area contributed by atoms with E-state index in [9.17, 15) is 0 Å². The number of aromatic nitrogens is 1. The summed E-state index contributed by atoms with van der Waals surface area (Å²) in [6.45, 7) is 0. The van der Waals surface area contributed by atoms with Gasteiger partial charge in [-0.15, -0.1) is 0 Å². The summed E-state index contributed by atoms with van der Waals surface area (Å²) in [6.07, 6.45) is 0. The largest absolute Gasteiger partial charge is 0.456 e. The van der Waals surface area contributed by atoms with E-state index in [2.05, 4.69) is 240 Å². The van der Waals surface area contributed by atoms with Crippen molar-refractivity contribution in [3.05, 3.63) is 243 Å². The third kappa shape index (κ3) is 6.46. The SMILES string of the molecule is c1ccc(-c2ccc(N(c3ccc(-c4cccc(-c5cccc(-n6c7ccccc7c7ccccc76)c5)c4)cc3)c3ccccc3-c3ccc4c(c3)oc3ccccc34)cc2)cc1. The van der Waals surface area contributed by atoms with Gasteiger partial charge in [0.2, 0.25) is 0 Å². The van der Waals surface area contributed by atoms with Crippen molar-refractivity contribution in [2.75, 3.05) is 4.90 Å². The van der Waals surface area contributed by atoms with Crippen LogP contribution in [0.2, 0.25) is 0 Å². The summed E-state index contributed by atoms with van der Waals surface area (Å²) in [5.41, 5.74) is 17.8. The second-order valence-electron chi connectivity index (χ2n) is 16.1. The van der Waals surface area contributed by atoms with Gasteiger partial charge in [-0.3, -0.25) is 0 Å². The predicted octanol–water partition coefficient (Wildman–Crippen LogP) is 16.8. The molecule has 12 rings (SSSR count). The van der Waals surface area contributed by atoms with Crippen molar-refractivity contribution in [2.24, 2.45) is 0 Å². The highest BCUT2D eigenvalue weighted by molar-refractivity contribution is 6.09. The molecule has 0 radical (unpaired) electrons. The first-order valence-corrected chi connectivity index (χ1v) is 21.5. The number of para-hydroxylation sites is 4. The molecule has 0 aliphatic rings. The fourth-order valence-corrected chi connectivity index (χ4v) is 9.37. The highest BCUT2D eigenvalue weighted by atomic mass is 16.3. The Morgan fingerprint density at radius 2 is 0.794 bits per heavy atom. The third-order valence-electron chi connectivity index (χ3n) is 12.4. The molecule has 0 aliphatic heterocycles. The van der Waals surface area contributed by atoms with E-state index in [0.717, 1.165) is 61.4 Å². The van der Waals surface area contributed by atoms with Crippen molar-refractivity contribution in [3.8, 4) is 50.2 Å². The van der Waals surface area contributed by atoms with Gasteiger partial charge in [0.1, 0.15) is 11.2 Å². The lowest BCUT2D eigenvalue weighted by Crippen LogP contribution is -2.11. The first-order valence-electron chi connectivity index (χ1n) is 21.5. The second kappa shape index (κ2) is 15.3. The molecular weight excluding hydrogens is 765 g/mol. The zero-order chi connectivity index (χ0) is 41.7. The molecule has 10 aromatic carbocycles. The van der Waals surface area contributed by atoms with E-state index in [-0.39, 0.29) is 0 Å². The highest BCUT2D eigenvalue weighted by Crippen LogP contribution is 2.43. The molecule has 3 heteroatoms. The zero-order valence-corrected chi connectivity index (χ0v) is 34.4. The summed E-state index contributed by atoms with van der Waals surface area (Å²) in [6, 6.07) is 87.1. The quantitative estimate of drug-likeness (QED) is 0.153. The molecule has 0 spiro atoms. The average molecular weight is 805 g/mol. The van der Waals surface area contributed by atoms with E-state index in [1.165, 1.54) is 49.6 Å². The van der Waals surface area contributed by atoms with Crippen LogP contribution in [-0.2, 0) is 0 Å². The minimum atomic E-state index is 0.882. The van der Waals surface area contributed by atoms with Crippen LogP contribution in [0.3, 0.4) is 0 Å². The van der Waals surface area contributed by atoms with Crippen LogP contribution < -0.4 is 4.90 Å². The summed E-state index contributed by atoms with van der Waals surface area (Å²) < 4.78 is 8.75. The van der Waals surface area contributed by atoms with E-state index in [4.69, 9.17) is 4.42 Å². The van der Waals surface area contributed by atoms with Crippen LogP contribution in [0, 0.1) is 0 Å². The van der Waals surface area contributed by atoms with Gasteiger partial charge in [-0.05, 0) is 118 Å². The number of anilines is 3. The average Bonchev–Trinajstić information content (AvgIpc) is 3.91. The van der Waals surface area contributed by atoms with Gasteiger partial charge in [-0.1, -0.05) is 164 Å². The van der Waals surface area contributed by atoms with Gasteiger partial charge >= 0.3 is 0 Å². The fourth-order valence-electron chi connectivity index (χ4n) is 9.37. The molecule has 0 amide bonds. The van der Waals surface area contributed by atoms with Gasteiger partial charge in [0, 0.05) is 44.2 Å². The summed E-state index contributed by atoms with van der Waals surface area (Å²) in [5, 5.41) is 4.78. The first kappa shape index (κ1) is 36.5. The fraction of sp³-hybridized carbons (Fsp3) is 0. The Bertz CT molecular complexity index is 3560. The Labute approximate surface area is 366 Å². The maximum absolute atomic E-state index is 6.37. The van der Waals surface area contributed by atoms with Gasteiger partial charge in [0.05, 0.1) is 16.7 Å². The van der Waals surface area contributed by atoms with E-state index in [1.54, 1.807) is 0 Å². The topological polar surface area (TPSA) is 21.3 Å². The van der Waals surface area contributed by atoms with Crippen molar-refractivity contribution < 1.29 is 4.42 Å². The molecule has 0 fully saturated rings. The van der Waals surface area contributed by atoms with E-state index in [0.29, 0.717) is 0 Å². The highest BCUT2D eigenvalue weighted by Gasteiger charge is 2.19. The third-order valence-corrected chi connectivity index (χ3v) is 12.4. The number of hydrogen-bond acceptors (Lipinski definition) is 2. The molecule has 12 aromatic rings. The molecule has 0 atom stereocenters. The summed E-state index contributed by atoms with van der Waals surface area (Å²) in [4.78, 5) is 2.37. The number of rotatable bonds is 8. The number of nitrogens with zero attached hydrogens (tertiary/aromatic N) is 2. The zero-order valence-electron chi connectivity index (χ0n) is 34.4. The first-order chi connectivity index (χ1) is 31.2. The van der Waals surface area contributed by atoms with Crippen LogP contribution >= 0.6 is 0 Å². The molecule has 2 aromatic heterocycles. The minimum Gasteiger partial charge on any atom is -0.456 e.